The number of nitrogens with zero attached hydrogens (tertiary/aromatic N) is 4. The maximum atomic E-state index is 10.2. The van der Waals surface area contributed by atoms with Gasteiger partial charge in [0.2, 0.25) is 0 Å². The SMILES string of the molecule is OC[C@H]1O[C@@H](n2cnc3c(NCc4cc(O)c(O)c(O)c4)ncnc32)[C@@H](O)[C@@H]1O. The molecule has 0 saturated carbocycles. The van der Waals surface area contributed by atoms with Gasteiger partial charge in [-0.1, -0.05) is 0 Å². The Kier molecular flexibility index (Phi) is 4.84. The van der Waals surface area contributed by atoms with Crippen LogP contribution in [0.25, 0.3) is 11.2 Å². The molecule has 1 aromatic carbocycles. The van der Waals surface area contributed by atoms with Crippen molar-refractivity contribution in [3.05, 3.63) is 30.4 Å². The minimum atomic E-state index is -1.28. The van der Waals surface area contributed by atoms with Gasteiger partial charge in [0.1, 0.15) is 24.6 Å². The van der Waals surface area contributed by atoms with Crippen LogP contribution >= 0.6 is 0 Å². The Bertz CT molecular complexity index is 1020. The Morgan fingerprint density at radius 3 is 2.41 bits per heavy atom. The van der Waals surface area contributed by atoms with E-state index >= 15 is 0 Å². The molecule has 0 amide bonds. The normalized spacial score (nSPS) is 24.2. The van der Waals surface area contributed by atoms with Gasteiger partial charge in [-0.05, 0) is 17.7 Å². The number of hydrogen-bond donors (Lipinski definition) is 7. The summed E-state index contributed by atoms with van der Waals surface area (Å²) >= 11 is 0. The molecule has 1 fully saturated rings. The molecule has 3 aromatic rings. The van der Waals surface area contributed by atoms with Gasteiger partial charge in [-0.25, -0.2) is 15.0 Å². The summed E-state index contributed by atoms with van der Waals surface area (Å²) < 4.78 is 6.94. The van der Waals surface area contributed by atoms with Crippen molar-refractivity contribution in [2.45, 2.75) is 31.1 Å². The topological polar surface area (TPSA) is 186 Å². The molecule has 0 bridgehead atoms. The Balaban J connectivity index is 1.60. The van der Waals surface area contributed by atoms with Crippen LogP contribution in [0.15, 0.2) is 24.8 Å². The van der Waals surface area contributed by atoms with Gasteiger partial charge in [0.25, 0.3) is 0 Å². The van der Waals surface area contributed by atoms with Gasteiger partial charge < -0.3 is 40.7 Å². The number of nitrogens with one attached hydrogen (secondary N) is 1. The summed E-state index contributed by atoms with van der Waals surface area (Å²) in [6.07, 6.45) is -1.79. The summed E-state index contributed by atoms with van der Waals surface area (Å²) in [5.74, 6) is -1.17. The second-order valence-electron chi connectivity index (χ2n) is 6.61. The zero-order chi connectivity index (χ0) is 20.7. The number of imidazole rings is 1. The number of fused-ring (bicyclic) bond motifs is 1. The van der Waals surface area contributed by atoms with Crippen molar-refractivity contribution < 1.29 is 35.4 Å². The number of rotatable bonds is 5. The van der Waals surface area contributed by atoms with Crippen molar-refractivity contribution in [1.82, 2.24) is 19.5 Å². The second kappa shape index (κ2) is 7.33. The number of phenols is 3. The minimum absolute atomic E-state index is 0.147. The lowest BCUT2D eigenvalue weighted by Gasteiger charge is -2.16. The molecular formula is C17H19N5O7. The van der Waals surface area contributed by atoms with Crippen molar-refractivity contribution in [3.8, 4) is 17.2 Å². The predicted molar refractivity (Wildman–Crippen MR) is 97.1 cm³/mol. The zero-order valence-electron chi connectivity index (χ0n) is 14.9. The smallest absolute Gasteiger partial charge is 0.200 e. The first kappa shape index (κ1) is 19.1. The molecule has 0 spiro atoms. The number of aliphatic hydroxyl groups excluding tert-OH is 3. The van der Waals surface area contributed by atoms with Crippen LogP contribution < -0.4 is 5.32 Å². The van der Waals surface area contributed by atoms with Crippen LogP contribution in [-0.2, 0) is 11.3 Å². The molecule has 1 saturated heterocycles. The van der Waals surface area contributed by atoms with E-state index in [4.69, 9.17) is 4.74 Å². The Morgan fingerprint density at radius 1 is 1.03 bits per heavy atom. The number of aromatic nitrogens is 4. The highest BCUT2D eigenvalue weighted by Crippen LogP contribution is 2.36. The molecule has 1 aliphatic heterocycles. The molecule has 4 atom stereocenters. The Labute approximate surface area is 163 Å². The van der Waals surface area contributed by atoms with E-state index in [1.54, 1.807) is 0 Å². The van der Waals surface area contributed by atoms with Crippen molar-refractivity contribution in [2.24, 2.45) is 0 Å². The number of ether oxygens (including phenoxy) is 1. The van der Waals surface area contributed by atoms with Gasteiger partial charge in [-0.15, -0.1) is 0 Å². The number of aromatic hydroxyl groups is 3. The summed E-state index contributed by atoms with van der Waals surface area (Å²) in [5, 5.41) is 61.1. The number of benzene rings is 1. The molecule has 29 heavy (non-hydrogen) atoms. The minimum Gasteiger partial charge on any atom is -0.504 e. The number of aliphatic hydroxyl groups is 3. The number of anilines is 1. The first-order chi connectivity index (χ1) is 13.9. The van der Waals surface area contributed by atoms with Crippen LogP contribution in [0.4, 0.5) is 5.82 Å². The largest absolute Gasteiger partial charge is 0.504 e. The molecule has 12 heteroatoms. The van der Waals surface area contributed by atoms with Crippen LogP contribution in [0.1, 0.15) is 11.8 Å². The summed E-state index contributed by atoms with van der Waals surface area (Å²) in [6, 6.07) is 2.58. The number of hydrogen-bond acceptors (Lipinski definition) is 11. The molecule has 12 nitrogen and oxygen atoms in total. The average molecular weight is 405 g/mol. The van der Waals surface area contributed by atoms with Crippen LogP contribution in [0, 0.1) is 0 Å². The maximum Gasteiger partial charge on any atom is 0.200 e. The molecule has 0 aliphatic carbocycles. The predicted octanol–water partition coefficient (Wildman–Crippen LogP) is -0.833. The second-order valence-corrected chi connectivity index (χ2v) is 6.61. The first-order valence-corrected chi connectivity index (χ1v) is 8.68. The molecule has 0 radical (unpaired) electrons. The van der Waals surface area contributed by atoms with E-state index in [1.807, 2.05) is 0 Å². The summed E-state index contributed by atoms with van der Waals surface area (Å²) in [7, 11) is 0. The summed E-state index contributed by atoms with van der Waals surface area (Å²) in [6.45, 7) is -0.302. The summed E-state index contributed by atoms with van der Waals surface area (Å²) in [5.41, 5.74) is 1.17. The van der Waals surface area contributed by atoms with Gasteiger partial charge in [0.05, 0.1) is 12.9 Å². The highest BCUT2D eigenvalue weighted by molar-refractivity contribution is 5.82. The van der Waals surface area contributed by atoms with E-state index in [0.717, 1.165) is 0 Å². The quantitative estimate of drug-likeness (QED) is 0.263. The molecule has 3 heterocycles. The number of phenolic OH excluding ortho intramolecular Hbond substituents is 3. The van der Waals surface area contributed by atoms with Crippen LogP contribution in [0.3, 0.4) is 0 Å². The average Bonchev–Trinajstić information content (AvgIpc) is 3.26. The van der Waals surface area contributed by atoms with Gasteiger partial charge in [0, 0.05) is 6.54 Å². The van der Waals surface area contributed by atoms with Crippen molar-refractivity contribution in [2.75, 3.05) is 11.9 Å². The third-order valence-electron chi connectivity index (χ3n) is 4.74. The highest BCUT2D eigenvalue weighted by Gasteiger charge is 2.44. The van der Waals surface area contributed by atoms with E-state index in [9.17, 15) is 30.6 Å². The van der Waals surface area contributed by atoms with Crippen molar-refractivity contribution in [1.29, 1.82) is 0 Å². The third kappa shape index (κ3) is 3.27. The first-order valence-electron chi connectivity index (χ1n) is 8.68. The fourth-order valence-electron chi connectivity index (χ4n) is 3.23. The molecule has 7 N–H and O–H groups in total. The zero-order valence-corrected chi connectivity index (χ0v) is 14.9. The Morgan fingerprint density at radius 2 is 1.76 bits per heavy atom. The maximum absolute atomic E-state index is 10.2. The molecule has 1 aliphatic rings. The van der Waals surface area contributed by atoms with Gasteiger partial charge >= 0.3 is 0 Å². The van der Waals surface area contributed by atoms with E-state index in [0.29, 0.717) is 22.5 Å². The molecular weight excluding hydrogens is 386 g/mol. The molecule has 0 unspecified atom stereocenters. The van der Waals surface area contributed by atoms with Crippen LogP contribution in [0.2, 0.25) is 0 Å². The fourth-order valence-corrected chi connectivity index (χ4v) is 3.23. The van der Waals surface area contributed by atoms with Crippen LogP contribution in [-0.4, -0.2) is 75.1 Å². The van der Waals surface area contributed by atoms with Crippen molar-refractivity contribution >= 4 is 17.0 Å². The van der Waals surface area contributed by atoms with E-state index < -0.39 is 48.4 Å². The van der Waals surface area contributed by atoms with Gasteiger partial charge in [-0.2, -0.15) is 0 Å². The lowest BCUT2D eigenvalue weighted by molar-refractivity contribution is -0.0511. The third-order valence-corrected chi connectivity index (χ3v) is 4.74. The standard InChI is InChI=1S/C17H19N5O7/c23-4-10-13(27)14(28)17(29-10)22-6-21-11-15(19-5-20-16(11)22)18-3-7-1-8(24)12(26)9(25)2-7/h1-2,5-6,10,13-14,17,23-28H,3-4H2,(H,18,19,20)/t10-,13-,14+,17-/m1/s1. The lowest BCUT2D eigenvalue weighted by Crippen LogP contribution is -2.33. The summed E-state index contributed by atoms with van der Waals surface area (Å²) in [4.78, 5) is 12.5. The Hall–Kier alpha value is -3.19. The van der Waals surface area contributed by atoms with E-state index in [2.05, 4.69) is 20.3 Å². The van der Waals surface area contributed by atoms with Gasteiger partial charge in [-0.3, -0.25) is 4.57 Å². The highest BCUT2D eigenvalue weighted by atomic mass is 16.6. The molecule has 154 valence electrons. The monoisotopic (exact) mass is 405 g/mol. The van der Waals surface area contributed by atoms with E-state index in [-0.39, 0.29) is 6.54 Å². The van der Waals surface area contributed by atoms with Gasteiger partial charge in [0.15, 0.2) is 40.5 Å². The molecule has 2 aromatic heterocycles. The fraction of sp³-hybridized carbons (Fsp3) is 0.353. The van der Waals surface area contributed by atoms with Crippen molar-refractivity contribution in [3.63, 3.8) is 0 Å². The lowest BCUT2D eigenvalue weighted by atomic mass is 10.1. The van der Waals surface area contributed by atoms with Crippen LogP contribution in [0.5, 0.6) is 17.2 Å². The van der Waals surface area contributed by atoms with E-state index in [1.165, 1.54) is 29.4 Å². The molecule has 4 rings (SSSR count).